The van der Waals surface area contributed by atoms with Crippen LogP contribution in [0.15, 0.2) is 18.6 Å². The van der Waals surface area contributed by atoms with Gasteiger partial charge in [0, 0.05) is 6.20 Å². The van der Waals surface area contributed by atoms with E-state index in [2.05, 4.69) is 9.97 Å². The Morgan fingerprint density at radius 2 is 2.15 bits per heavy atom. The average Bonchev–Trinajstić information content (AvgIpc) is 3.01. The highest BCUT2D eigenvalue weighted by atomic mass is 16.6. The molecule has 0 bridgehead atoms. The third-order valence-corrected chi connectivity index (χ3v) is 3.46. The summed E-state index contributed by atoms with van der Waals surface area (Å²) in [5, 5.41) is 29.6. The minimum atomic E-state index is -1.15. The van der Waals surface area contributed by atoms with Crippen LogP contribution >= 0.6 is 0 Å². The van der Waals surface area contributed by atoms with Gasteiger partial charge in [-0.1, -0.05) is 0 Å². The zero-order valence-electron chi connectivity index (χ0n) is 10.7. The molecule has 0 spiro atoms. The Morgan fingerprint density at radius 1 is 1.35 bits per heavy atom. The van der Waals surface area contributed by atoms with E-state index in [-0.39, 0.29) is 6.61 Å². The molecular formula is C12H15N3O5. The molecule has 3 N–H and O–H groups in total. The first kappa shape index (κ1) is 13.3. The lowest BCUT2D eigenvalue weighted by Crippen LogP contribution is -2.33. The number of methoxy groups -OCH3 is 1. The van der Waals surface area contributed by atoms with Gasteiger partial charge in [-0.05, 0) is 6.07 Å². The molecule has 0 amide bonds. The molecule has 1 aliphatic rings. The van der Waals surface area contributed by atoms with E-state index >= 15 is 0 Å². The maximum absolute atomic E-state index is 10.0. The van der Waals surface area contributed by atoms with Crippen molar-refractivity contribution in [3.05, 3.63) is 18.6 Å². The fraction of sp³-hybridized carbons (Fsp3) is 0.500. The molecule has 0 unspecified atom stereocenters. The summed E-state index contributed by atoms with van der Waals surface area (Å²) in [5.74, 6) is 0.417. The first-order valence-electron chi connectivity index (χ1n) is 6.15. The third-order valence-electron chi connectivity index (χ3n) is 3.46. The van der Waals surface area contributed by atoms with Crippen molar-refractivity contribution < 1.29 is 24.8 Å². The lowest BCUT2D eigenvalue weighted by Gasteiger charge is -2.17. The van der Waals surface area contributed by atoms with Crippen molar-refractivity contribution in [3.63, 3.8) is 0 Å². The number of hydrogen-bond acceptors (Lipinski definition) is 7. The van der Waals surface area contributed by atoms with Crippen LogP contribution in [0.3, 0.4) is 0 Å². The molecule has 0 saturated carbocycles. The number of nitrogens with zero attached hydrogens (tertiary/aromatic N) is 3. The summed E-state index contributed by atoms with van der Waals surface area (Å²) in [5.41, 5.74) is 0.520. The Bertz CT molecular complexity index is 616. The molecule has 2 aromatic rings. The molecule has 1 aliphatic heterocycles. The molecule has 108 valence electrons. The van der Waals surface area contributed by atoms with Gasteiger partial charge in [0.1, 0.15) is 30.3 Å². The molecule has 0 aromatic carbocycles. The van der Waals surface area contributed by atoms with Crippen molar-refractivity contribution in [1.29, 1.82) is 0 Å². The molecule has 4 atom stereocenters. The van der Waals surface area contributed by atoms with Gasteiger partial charge < -0.3 is 29.4 Å². The Morgan fingerprint density at radius 3 is 2.80 bits per heavy atom. The minimum absolute atomic E-state index is 0.369. The van der Waals surface area contributed by atoms with Crippen LogP contribution in [0.4, 0.5) is 0 Å². The van der Waals surface area contributed by atoms with Gasteiger partial charge in [0.2, 0.25) is 5.88 Å². The highest BCUT2D eigenvalue weighted by molar-refractivity contribution is 5.81. The second-order valence-electron chi connectivity index (χ2n) is 4.57. The van der Waals surface area contributed by atoms with E-state index in [1.54, 1.807) is 16.8 Å². The fourth-order valence-corrected chi connectivity index (χ4v) is 2.43. The molecule has 8 nitrogen and oxygen atoms in total. The zero-order valence-corrected chi connectivity index (χ0v) is 10.7. The molecule has 2 aromatic heterocycles. The summed E-state index contributed by atoms with van der Waals surface area (Å²) in [4.78, 5) is 8.13. The van der Waals surface area contributed by atoms with Crippen molar-refractivity contribution >= 4 is 11.0 Å². The predicted octanol–water partition coefficient (Wildman–Crippen LogP) is -0.949. The summed E-state index contributed by atoms with van der Waals surface area (Å²) in [6.45, 7) is -0.369. The Hall–Kier alpha value is -1.74. The monoisotopic (exact) mass is 281 g/mol. The largest absolute Gasteiger partial charge is 0.480 e. The molecular weight excluding hydrogens is 266 g/mol. The molecule has 3 heterocycles. The summed E-state index contributed by atoms with van der Waals surface area (Å²) < 4.78 is 12.2. The predicted molar refractivity (Wildman–Crippen MR) is 67.1 cm³/mol. The SMILES string of the molecule is COc1ncnc2c1ccn2[C@H]1O[C@@H](CO)[C@@H](O)[C@@H]1O. The summed E-state index contributed by atoms with van der Waals surface area (Å²) in [7, 11) is 1.51. The lowest BCUT2D eigenvalue weighted by atomic mass is 10.1. The van der Waals surface area contributed by atoms with Gasteiger partial charge in [-0.15, -0.1) is 0 Å². The smallest absolute Gasteiger partial charge is 0.225 e. The number of aromatic nitrogens is 3. The van der Waals surface area contributed by atoms with Crippen LogP contribution in [0.25, 0.3) is 11.0 Å². The van der Waals surface area contributed by atoms with Crippen molar-refractivity contribution in [2.24, 2.45) is 0 Å². The number of ether oxygens (including phenoxy) is 2. The number of aliphatic hydroxyl groups excluding tert-OH is 3. The highest BCUT2D eigenvalue weighted by Gasteiger charge is 2.43. The van der Waals surface area contributed by atoms with Crippen LogP contribution in [0.5, 0.6) is 5.88 Å². The molecule has 8 heteroatoms. The van der Waals surface area contributed by atoms with Crippen LogP contribution in [0.1, 0.15) is 6.23 Å². The van der Waals surface area contributed by atoms with E-state index in [4.69, 9.17) is 14.6 Å². The van der Waals surface area contributed by atoms with Gasteiger partial charge in [0.05, 0.1) is 19.1 Å². The zero-order chi connectivity index (χ0) is 14.3. The Kier molecular flexibility index (Phi) is 3.30. The fourth-order valence-electron chi connectivity index (χ4n) is 2.43. The van der Waals surface area contributed by atoms with Crippen LogP contribution in [0.2, 0.25) is 0 Å². The van der Waals surface area contributed by atoms with E-state index in [9.17, 15) is 10.2 Å². The molecule has 20 heavy (non-hydrogen) atoms. The molecule has 3 rings (SSSR count). The van der Waals surface area contributed by atoms with E-state index in [0.717, 1.165) is 0 Å². The molecule has 0 radical (unpaired) electrons. The van der Waals surface area contributed by atoms with Gasteiger partial charge >= 0.3 is 0 Å². The summed E-state index contributed by atoms with van der Waals surface area (Å²) >= 11 is 0. The topological polar surface area (TPSA) is 110 Å². The maximum atomic E-state index is 10.0. The maximum Gasteiger partial charge on any atom is 0.225 e. The van der Waals surface area contributed by atoms with Gasteiger partial charge in [-0.2, -0.15) is 0 Å². The Labute approximate surface area is 114 Å². The number of fused-ring (bicyclic) bond motifs is 1. The van der Waals surface area contributed by atoms with Crippen LogP contribution in [-0.2, 0) is 4.74 Å². The van der Waals surface area contributed by atoms with Crippen LogP contribution < -0.4 is 4.74 Å². The van der Waals surface area contributed by atoms with E-state index in [1.807, 2.05) is 0 Å². The van der Waals surface area contributed by atoms with Crippen molar-refractivity contribution in [1.82, 2.24) is 14.5 Å². The van der Waals surface area contributed by atoms with Gasteiger partial charge in [0.25, 0.3) is 0 Å². The van der Waals surface area contributed by atoms with Crippen LogP contribution in [0, 0.1) is 0 Å². The quantitative estimate of drug-likeness (QED) is 0.665. The molecule has 1 fully saturated rings. The van der Waals surface area contributed by atoms with Gasteiger partial charge in [-0.3, -0.25) is 0 Å². The lowest BCUT2D eigenvalue weighted by molar-refractivity contribution is -0.0508. The summed E-state index contributed by atoms with van der Waals surface area (Å²) in [6.07, 6.45) is -0.924. The average molecular weight is 281 g/mol. The van der Waals surface area contributed by atoms with Crippen LogP contribution in [-0.4, -0.2) is 61.9 Å². The van der Waals surface area contributed by atoms with E-state index < -0.39 is 24.5 Å². The third kappa shape index (κ3) is 1.85. The first-order valence-corrected chi connectivity index (χ1v) is 6.15. The number of hydrogen-bond donors (Lipinski definition) is 3. The number of aliphatic hydroxyl groups is 3. The minimum Gasteiger partial charge on any atom is -0.480 e. The van der Waals surface area contributed by atoms with Gasteiger partial charge in [0.15, 0.2) is 6.23 Å². The second kappa shape index (κ2) is 4.98. The van der Waals surface area contributed by atoms with E-state index in [0.29, 0.717) is 16.9 Å². The molecule has 1 saturated heterocycles. The standard InChI is InChI=1S/C12H15N3O5/c1-19-11-6-2-3-15(10(6)13-5-14-11)12-9(18)8(17)7(4-16)20-12/h2-3,5,7-9,12,16-18H,4H2,1H3/t7-,8+,9-,12-/m0/s1. The second-order valence-corrected chi connectivity index (χ2v) is 4.57. The highest BCUT2D eigenvalue weighted by Crippen LogP contribution is 2.33. The summed E-state index contributed by atoms with van der Waals surface area (Å²) in [6, 6.07) is 1.74. The van der Waals surface area contributed by atoms with Crippen molar-refractivity contribution in [3.8, 4) is 5.88 Å². The van der Waals surface area contributed by atoms with Crippen molar-refractivity contribution in [2.75, 3.05) is 13.7 Å². The van der Waals surface area contributed by atoms with E-state index in [1.165, 1.54) is 13.4 Å². The van der Waals surface area contributed by atoms with Crippen molar-refractivity contribution in [2.45, 2.75) is 24.5 Å². The normalized spacial score (nSPS) is 30.0. The number of rotatable bonds is 3. The first-order chi connectivity index (χ1) is 9.67. The Balaban J connectivity index is 2.03. The molecule has 0 aliphatic carbocycles. The van der Waals surface area contributed by atoms with Gasteiger partial charge in [-0.25, -0.2) is 9.97 Å².